The number of carbonyl (C=O) groups is 1. The van der Waals surface area contributed by atoms with Crippen LogP contribution in [0.3, 0.4) is 0 Å². The minimum Gasteiger partial charge on any atom is -0.364 e. The summed E-state index contributed by atoms with van der Waals surface area (Å²) in [6.07, 6.45) is 5.07. The summed E-state index contributed by atoms with van der Waals surface area (Å²) in [6, 6.07) is 13.3. The fourth-order valence-electron chi connectivity index (χ4n) is 2.41. The summed E-state index contributed by atoms with van der Waals surface area (Å²) in [6.45, 7) is 0.264. The zero-order valence-corrected chi connectivity index (χ0v) is 14.5. The van der Waals surface area contributed by atoms with Gasteiger partial charge >= 0.3 is 0 Å². The number of para-hydroxylation sites is 1. The van der Waals surface area contributed by atoms with Gasteiger partial charge in [-0.05, 0) is 30.3 Å². The number of hydrogen-bond donors (Lipinski definition) is 1. The quantitative estimate of drug-likeness (QED) is 0.568. The third-order valence-electron chi connectivity index (χ3n) is 3.57. The smallest absolute Gasteiger partial charge is 0.250 e. The summed E-state index contributed by atoms with van der Waals surface area (Å²) >= 11 is 1.57. The Morgan fingerprint density at radius 1 is 1.19 bits per heavy atom. The minimum absolute atomic E-state index is 0.0448. The van der Waals surface area contributed by atoms with E-state index in [0.29, 0.717) is 18.1 Å². The van der Waals surface area contributed by atoms with Crippen molar-refractivity contribution in [3.63, 3.8) is 0 Å². The van der Waals surface area contributed by atoms with Crippen LogP contribution in [0.5, 0.6) is 0 Å². The van der Waals surface area contributed by atoms with Crippen molar-refractivity contribution in [2.75, 3.05) is 11.9 Å². The van der Waals surface area contributed by atoms with E-state index in [1.807, 2.05) is 30.3 Å². The lowest BCUT2D eigenvalue weighted by atomic mass is 10.3. The van der Waals surface area contributed by atoms with Crippen LogP contribution in [0.15, 0.2) is 61.1 Å². The molecule has 130 valence electrons. The lowest BCUT2D eigenvalue weighted by Crippen LogP contribution is -2.18. The van der Waals surface area contributed by atoms with E-state index >= 15 is 0 Å². The summed E-state index contributed by atoms with van der Waals surface area (Å²) in [7, 11) is 0. The highest BCUT2D eigenvalue weighted by Crippen LogP contribution is 2.21. The molecule has 3 aromatic heterocycles. The molecule has 0 unspecified atom stereocenters. The van der Waals surface area contributed by atoms with Gasteiger partial charge in [-0.2, -0.15) is 5.10 Å². The first-order chi connectivity index (χ1) is 12.8. The summed E-state index contributed by atoms with van der Waals surface area (Å²) in [5.41, 5.74) is 1.55. The molecule has 0 radical (unpaired) electrons. The summed E-state index contributed by atoms with van der Waals surface area (Å²) in [5, 5.41) is 7.71. The van der Waals surface area contributed by atoms with Gasteiger partial charge in [-0.15, -0.1) is 11.3 Å². The molecule has 4 aromatic rings. The van der Waals surface area contributed by atoms with Gasteiger partial charge in [0.25, 0.3) is 0 Å². The van der Waals surface area contributed by atoms with Crippen molar-refractivity contribution in [2.24, 2.45) is 0 Å². The second-order valence-electron chi connectivity index (χ2n) is 5.47. The standard InChI is InChI=1S/C18H15N5O2S/c24-17(11-25-12-18-22-14-4-1-2-5-15(14)26-18)21-13-6-7-16(19-10-13)23-9-3-8-20-23/h1-10H,11-12H2,(H,21,24). The van der Waals surface area contributed by atoms with Gasteiger partial charge in [0.05, 0.1) is 28.7 Å². The van der Waals surface area contributed by atoms with Gasteiger partial charge in [-0.25, -0.2) is 14.6 Å². The first-order valence-corrected chi connectivity index (χ1v) is 8.78. The fraction of sp³-hybridized carbons (Fsp3) is 0.111. The number of anilines is 1. The van der Waals surface area contributed by atoms with Gasteiger partial charge in [-0.1, -0.05) is 12.1 Å². The molecule has 0 fully saturated rings. The number of carbonyl (C=O) groups excluding carboxylic acids is 1. The first-order valence-electron chi connectivity index (χ1n) is 7.96. The van der Waals surface area contributed by atoms with Crippen molar-refractivity contribution in [3.8, 4) is 5.82 Å². The normalized spacial score (nSPS) is 10.9. The number of nitrogens with one attached hydrogen (secondary N) is 1. The molecule has 26 heavy (non-hydrogen) atoms. The Morgan fingerprint density at radius 3 is 2.88 bits per heavy atom. The predicted octanol–water partition coefficient (Wildman–Crippen LogP) is 3.03. The van der Waals surface area contributed by atoms with Crippen molar-refractivity contribution >= 4 is 33.1 Å². The third kappa shape index (κ3) is 3.76. The van der Waals surface area contributed by atoms with E-state index < -0.39 is 0 Å². The van der Waals surface area contributed by atoms with Gasteiger partial charge in [0, 0.05) is 12.4 Å². The third-order valence-corrected chi connectivity index (χ3v) is 4.58. The van der Waals surface area contributed by atoms with E-state index in [2.05, 4.69) is 20.4 Å². The number of benzene rings is 1. The monoisotopic (exact) mass is 365 g/mol. The van der Waals surface area contributed by atoms with Crippen molar-refractivity contribution in [1.29, 1.82) is 0 Å². The Morgan fingerprint density at radius 2 is 2.12 bits per heavy atom. The van der Waals surface area contributed by atoms with Crippen LogP contribution in [-0.2, 0) is 16.1 Å². The molecule has 0 spiro atoms. The first kappa shape index (κ1) is 16.4. The molecule has 1 N–H and O–H groups in total. The highest BCUT2D eigenvalue weighted by atomic mass is 32.1. The fourth-order valence-corrected chi connectivity index (χ4v) is 3.31. The van der Waals surface area contributed by atoms with E-state index in [0.717, 1.165) is 15.2 Å². The zero-order chi connectivity index (χ0) is 17.8. The van der Waals surface area contributed by atoms with Crippen LogP contribution in [0, 0.1) is 0 Å². The number of rotatable bonds is 6. The average molecular weight is 365 g/mol. The Hall–Kier alpha value is -3.10. The second-order valence-corrected chi connectivity index (χ2v) is 6.59. The number of pyridine rings is 1. The van der Waals surface area contributed by atoms with Crippen LogP contribution in [0.25, 0.3) is 16.0 Å². The minimum atomic E-state index is -0.236. The number of aromatic nitrogens is 4. The molecule has 0 aliphatic heterocycles. The van der Waals surface area contributed by atoms with Gasteiger partial charge in [0.15, 0.2) is 5.82 Å². The molecule has 7 nitrogen and oxygen atoms in total. The molecule has 3 heterocycles. The Balaban J connectivity index is 1.28. The molecule has 0 aliphatic carbocycles. The maximum atomic E-state index is 12.0. The molecule has 0 saturated heterocycles. The molecule has 1 aromatic carbocycles. The summed E-state index contributed by atoms with van der Waals surface area (Å²) < 4.78 is 8.22. The summed E-state index contributed by atoms with van der Waals surface area (Å²) in [4.78, 5) is 20.7. The maximum absolute atomic E-state index is 12.0. The van der Waals surface area contributed by atoms with Gasteiger partial charge in [0.1, 0.15) is 11.6 Å². The lowest BCUT2D eigenvalue weighted by molar-refractivity contribution is -0.121. The van der Waals surface area contributed by atoms with E-state index in [1.165, 1.54) is 0 Å². The number of ether oxygens (including phenoxy) is 1. The molecular formula is C18H15N5O2S. The van der Waals surface area contributed by atoms with E-state index in [1.54, 1.807) is 46.7 Å². The van der Waals surface area contributed by atoms with Crippen LogP contribution in [0.2, 0.25) is 0 Å². The van der Waals surface area contributed by atoms with E-state index in [9.17, 15) is 4.79 Å². The summed E-state index contributed by atoms with van der Waals surface area (Å²) in [5.74, 6) is 0.444. The van der Waals surface area contributed by atoms with Gasteiger partial charge < -0.3 is 10.1 Å². The van der Waals surface area contributed by atoms with Crippen LogP contribution in [-0.4, -0.2) is 32.3 Å². The van der Waals surface area contributed by atoms with Crippen molar-refractivity contribution in [1.82, 2.24) is 19.7 Å². The molecule has 0 bridgehead atoms. The Bertz CT molecular complexity index is 979. The molecule has 4 rings (SSSR count). The average Bonchev–Trinajstić information content (AvgIpc) is 3.32. The molecule has 0 aliphatic rings. The van der Waals surface area contributed by atoms with E-state index in [-0.39, 0.29) is 12.5 Å². The van der Waals surface area contributed by atoms with Crippen molar-refractivity contribution in [2.45, 2.75) is 6.61 Å². The number of fused-ring (bicyclic) bond motifs is 1. The predicted molar refractivity (Wildman–Crippen MR) is 99.3 cm³/mol. The molecular weight excluding hydrogens is 350 g/mol. The highest BCUT2D eigenvalue weighted by molar-refractivity contribution is 7.18. The van der Waals surface area contributed by atoms with Crippen molar-refractivity contribution < 1.29 is 9.53 Å². The van der Waals surface area contributed by atoms with Crippen LogP contribution in [0.1, 0.15) is 5.01 Å². The van der Waals surface area contributed by atoms with Crippen LogP contribution in [0.4, 0.5) is 5.69 Å². The topological polar surface area (TPSA) is 81.9 Å². The number of thiazole rings is 1. The zero-order valence-electron chi connectivity index (χ0n) is 13.7. The van der Waals surface area contributed by atoms with Crippen molar-refractivity contribution in [3.05, 3.63) is 66.1 Å². The molecule has 8 heteroatoms. The van der Waals surface area contributed by atoms with Crippen LogP contribution < -0.4 is 5.32 Å². The Labute approximate surface area is 153 Å². The molecule has 0 atom stereocenters. The largest absolute Gasteiger partial charge is 0.364 e. The SMILES string of the molecule is O=C(COCc1nc2ccccc2s1)Nc1ccc(-n2cccn2)nc1. The Kier molecular flexibility index (Phi) is 4.67. The maximum Gasteiger partial charge on any atom is 0.250 e. The lowest BCUT2D eigenvalue weighted by Gasteiger charge is -2.06. The highest BCUT2D eigenvalue weighted by Gasteiger charge is 2.07. The molecule has 1 amide bonds. The second kappa shape index (κ2) is 7.42. The van der Waals surface area contributed by atoms with Crippen LogP contribution >= 0.6 is 11.3 Å². The number of amides is 1. The van der Waals surface area contributed by atoms with E-state index in [4.69, 9.17) is 4.74 Å². The number of hydrogen-bond acceptors (Lipinski definition) is 6. The molecule has 0 saturated carbocycles. The van der Waals surface area contributed by atoms with Gasteiger partial charge in [0.2, 0.25) is 5.91 Å². The number of nitrogens with zero attached hydrogens (tertiary/aromatic N) is 4. The van der Waals surface area contributed by atoms with Gasteiger partial charge in [-0.3, -0.25) is 4.79 Å².